The van der Waals surface area contributed by atoms with Crippen molar-refractivity contribution in [2.24, 2.45) is 0 Å². The smallest absolute Gasteiger partial charge is 0.240 e. The van der Waals surface area contributed by atoms with E-state index in [1.54, 1.807) is 18.2 Å². The SMILES string of the molecule is CC1NCCCC1NS(=O)(=O)CCNS(=O)(=O)c1ccccc1.Cl. The Morgan fingerprint density at radius 3 is 2.46 bits per heavy atom. The number of nitrogens with one attached hydrogen (secondary N) is 3. The largest absolute Gasteiger partial charge is 0.313 e. The summed E-state index contributed by atoms with van der Waals surface area (Å²) in [6.45, 7) is 2.65. The summed E-state index contributed by atoms with van der Waals surface area (Å²) >= 11 is 0. The average Bonchev–Trinajstić information content (AvgIpc) is 2.50. The average molecular weight is 398 g/mol. The van der Waals surface area contributed by atoms with Crippen molar-refractivity contribution in [3.63, 3.8) is 0 Å². The summed E-state index contributed by atoms with van der Waals surface area (Å²) in [6.07, 6.45) is 1.70. The van der Waals surface area contributed by atoms with Crippen molar-refractivity contribution >= 4 is 32.5 Å². The molecule has 1 aromatic carbocycles. The Labute approximate surface area is 150 Å². The van der Waals surface area contributed by atoms with Gasteiger partial charge in [-0.15, -0.1) is 12.4 Å². The maximum atomic E-state index is 12.1. The molecular formula is C14H24ClN3O4S2. The lowest BCUT2D eigenvalue weighted by atomic mass is 10.0. The zero-order valence-corrected chi connectivity index (χ0v) is 15.9. The molecular weight excluding hydrogens is 374 g/mol. The molecule has 10 heteroatoms. The van der Waals surface area contributed by atoms with Crippen LogP contribution in [0.3, 0.4) is 0 Å². The van der Waals surface area contributed by atoms with Crippen molar-refractivity contribution in [1.29, 1.82) is 0 Å². The summed E-state index contributed by atoms with van der Waals surface area (Å²) in [7, 11) is -7.22. The molecule has 0 aliphatic carbocycles. The van der Waals surface area contributed by atoms with Crippen molar-refractivity contribution < 1.29 is 16.8 Å². The van der Waals surface area contributed by atoms with E-state index >= 15 is 0 Å². The molecule has 3 N–H and O–H groups in total. The van der Waals surface area contributed by atoms with Gasteiger partial charge in [0.2, 0.25) is 20.0 Å². The number of sulfonamides is 2. The van der Waals surface area contributed by atoms with Crippen LogP contribution in [0, 0.1) is 0 Å². The molecule has 1 heterocycles. The highest BCUT2D eigenvalue weighted by Gasteiger charge is 2.25. The molecule has 2 unspecified atom stereocenters. The van der Waals surface area contributed by atoms with Gasteiger partial charge in [-0.05, 0) is 38.4 Å². The van der Waals surface area contributed by atoms with E-state index < -0.39 is 20.0 Å². The van der Waals surface area contributed by atoms with Gasteiger partial charge in [-0.25, -0.2) is 26.3 Å². The second kappa shape index (κ2) is 9.12. The van der Waals surface area contributed by atoms with Gasteiger partial charge in [-0.1, -0.05) is 18.2 Å². The first kappa shape index (κ1) is 21.3. The number of rotatable bonds is 7. The van der Waals surface area contributed by atoms with Gasteiger partial charge in [0.1, 0.15) is 0 Å². The van der Waals surface area contributed by atoms with E-state index in [0.717, 1.165) is 19.4 Å². The summed E-state index contributed by atoms with van der Waals surface area (Å²) in [5.74, 6) is -0.289. The van der Waals surface area contributed by atoms with Crippen LogP contribution in [0.1, 0.15) is 19.8 Å². The minimum atomic E-state index is -3.68. The summed E-state index contributed by atoms with van der Waals surface area (Å²) in [5.41, 5.74) is 0. The molecule has 0 amide bonds. The first-order valence-corrected chi connectivity index (χ1v) is 10.7. The van der Waals surface area contributed by atoms with Gasteiger partial charge in [-0.2, -0.15) is 0 Å². The first-order chi connectivity index (χ1) is 10.8. The predicted octanol–water partition coefficient (Wildman–Crippen LogP) is 0.447. The molecule has 138 valence electrons. The molecule has 0 bridgehead atoms. The van der Waals surface area contributed by atoms with Gasteiger partial charge in [0.25, 0.3) is 0 Å². The number of benzene rings is 1. The highest BCUT2D eigenvalue weighted by molar-refractivity contribution is 7.90. The van der Waals surface area contributed by atoms with E-state index in [1.165, 1.54) is 12.1 Å². The highest BCUT2D eigenvalue weighted by atomic mass is 35.5. The summed E-state index contributed by atoms with van der Waals surface area (Å²) in [6, 6.07) is 7.79. The summed E-state index contributed by atoms with van der Waals surface area (Å²) < 4.78 is 53.2. The zero-order chi connectivity index (χ0) is 16.9. The van der Waals surface area contributed by atoms with E-state index in [-0.39, 0.29) is 41.7 Å². The molecule has 7 nitrogen and oxygen atoms in total. The molecule has 1 fully saturated rings. The Morgan fingerprint density at radius 2 is 1.83 bits per heavy atom. The van der Waals surface area contributed by atoms with Crippen molar-refractivity contribution in [1.82, 2.24) is 14.8 Å². The second-order valence-corrected chi connectivity index (χ2v) is 9.28. The lowest BCUT2D eigenvalue weighted by molar-refractivity contribution is 0.349. The topological polar surface area (TPSA) is 104 Å². The lowest BCUT2D eigenvalue weighted by Gasteiger charge is -2.30. The van der Waals surface area contributed by atoms with E-state index in [2.05, 4.69) is 14.8 Å². The van der Waals surface area contributed by atoms with Crippen LogP contribution in [0.15, 0.2) is 35.2 Å². The monoisotopic (exact) mass is 397 g/mol. The van der Waals surface area contributed by atoms with Crippen LogP contribution in [-0.4, -0.2) is 47.8 Å². The third-order valence-corrected chi connectivity index (χ3v) is 6.69. The molecule has 0 radical (unpaired) electrons. The van der Waals surface area contributed by atoms with Crippen LogP contribution in [0.2, 0.25) is 0 Å². The highest BCUT2D eigenvalue weighted by Crippen LogP contribution is 2.10. The third kappa shape index (κ3) is 6.30. The lowest BCUT2D eigenvalue weighted by Crippen LogP contribution is -2.52. The Kier molecular flexibility index (Phi) is 8.10. The van der Waals surface area contributed by atoms with E-state index in [4.69, 9.17) is 0 Å². The Morgan fingerprint density at radius 1 is 1.17 bits per heavy atom. The van der Waals surface area contributed by atoms with Crippen molar-refractivity contribution in [2.45, 2.75) is 36.7 Å². The van der Waals surface area contributed by atoms with Crippen molar-refractivity contribution in [3.8, 4) is 0 Å². The number of halogens is 1. The summed E-state index contributed by atoms with van der Waals surface area (Å²) in [5, 5.41) is 3.22. The number of hydrogen-bond acceptors (Lipinski definition) is 5. The molecule has 24 heavy (non-hydrogen) atoms. The van der Waals surface area contributed by atoms with Crippen LogP contribution in [-0.2, 0) is 20.0 Å². The molecule has 1 saturated heterocycles. The van der Waals surface area contributed by atoms with Crippen LogP contribution in [0.5, 0.6) is 0 Å². The minimum absolute atomic E-state index is 0. The van der Waals surface area contributed by atoms with Gasteiger partial charge in [0.05, 0.1) is 10.6 Å². The summed E-state index contributed by atoms with van der Waals surface area (Å²) in [4.78, 5) is 0.121. The van der Waals surface area contributed by atoms with Crippen LogP contribution in [0.25, 0.3) is 0 Å². The molecule has 1 aliphatic rings. The fraction of sp³-hybridized carbons (Fsp3) is 0.571. The van der Waals surface area contributed by atoms with Crippen LogP contribution >= 0.6 is 12.4 Å². The second-order valence-electron chi connectivity index (χ2n) is 5.64. The molecule has 0 saturated carbocycles. The molecule has 2 atom stereocenters. The van der Waals surface area contributed by atoms with Gasteiger partial charge in [-0.3, -0.25) is 0 Å². The third-order valence-electron chi connectivity index (χ3n) is 3.81. The van der Waals surface area contributed by atoms with E-state index in [9.17, 15) is 16.8 Å². The van der Waals surface area contributed by atoms with E-state index in [1.807, 2.05) is 6.92 Å². The first-order valence-electron chi connectivity index (χ1n) is 7.58. The molecule has 0 aromatic heterocycles. The molecule has 1 aromatic rings. The molecule has 2 rings (SSSR count). The van der Waals surface area contributed by atoms with Crippen molar-refractivity contribution in [3.05, 3.63) is 30.3 Å². The van der Waals surface area contributed by atoms with E-state index in [0.29, 0.717) is 0 Å². The number of piperidine rings is 1. The van der Waals surface area contributed by atoms with Crippen LogP contribution < -0.4 is 14.8 Å². The molecule has 1 aliphatic heterocycles. The maximum absolute atomic E-state index is 12.1. The van der Waals surface area contributed by atoms with Gasteiger partial charge >= 0.3 is 0 Å². The van der Waals surface area contributed by atoms with Gasteiger partial charge in [0, 0.05) is 18.6 Å². The van der Waals surface area contributed by atoms with Crippen LogP contribution in [0.4, 0.5) is 0 Å². The quantitative estimate of drug-likeness (QED) is 0.619. The predicted molar refractivity (Wildman–Crippen MR) is 96.3 cm³/mol. The zero-order valence-electron chi connectivity index (χ0n) is 13.4. The van der Waals surface area contributed by atoms with Crippen molar-refractivity contribution in [2.75, 3.05) is 18.8 Å². The Bertz CT molecular complexity index is 711. The van der Waals surface area contributed by atoms with Gasteiger partial charge in [0.15, 0.2) is 0 Å². The van der Waals surface area contributed by atoms with Gasteiger partial charge < -0.3 is 5.32 Å². The Balaban J connectivity index is 0.00000288. The minimum Gasteiger partial charge on any atom is -0.313 e. The Hall–Kier alpha value is -0.710. The maximum Gasteiger partial charge on any atom is 0.240 e. The standard InChI is InChI=1S/C14H23N3O4S2.ClH/c1-12-14(8-5-9-15-12)17-22(18,19)11-10-16-23(20,21)13-6-3-2-4-7-13;/h2-4,6-7,12,14-17H,5,8-11H2,1H3;1H. The fourth-order valence-electron chi connectivity index (χ4n) is 2.49. The fourth-order valence-corrected chi connectivity index (χ4v) is 4.94. The molecule has 0 spiro atoms. The normalized spacial score (nSPS) is 21.9. The number of hydrogen-bond donors (Lipinski definition) is 3.